The van der Waals surface area contributed by atoms with Crippen LogP contribution in [0, 0.1) is 11.6 Å². The fourth-order valence-electron chi connectivity index (χ4n) is 3.87. The Hall–Kier alpha value is -4.41. The number of nitrogens with zero attached hydrogens (tertiary/aromatic N) is 6. The smallest absolute Gasteiger partial charge is 0.283 e. The molecule has 1 unspecified atom stereocenters. The number of fused-ring (bicyclic) bond motifs is 2. The minimum Gasteiger partial charge on any atom is -0.358 e. The lowest BCUT2D eigenvalue weighted by atomic mass is 10.1. The van der Waals surface area contributed by atoms with Gasteiger partial charge in [0, 0.05) is 7.05 Å². The Bertz CT molecular complexity index is 1550. The number of halogens is 2. The third-order valence-corrected chi connectivity index (χ3v) is 5.60. The van der Waals surface area contributed by atoms with Crippen molar-refractivity contribution < 1.29 is 8.78 Å². The molecule has 0 aliphatic carbocycles. The Morgan fingerprint density at radius 2 is 1.91 bits per heavy atom. The van der Waals surface area contributed by atoms with Gasteiger partial charge in [0.2, 0.25) is 0 Å². The van der Waals surface area contributed by atoms with Gasteiger partial charge in [-0.3, -0.25) is 9.80 Å². The zero-order chi connectivity index (χ0) is 23.8. The molecule has 3 heterocycles. The Balaban J connectivity index is 1.71. The summed E-state index contributed by atoms with van der Waals surface area (Å²) in [7, 11) is 1.63. The highest BCUT2D eigenvalue weighted by Gasteiger charge is 2.24. The maximum Gasteiger partial charge on any atom is 0.283 e. The van der Waals surface area contributed by atoms with Crippen LogP contribution in [0.3, 0.4) is 0 Å². The lowest BCUT2D eigenvalue weighted by Crippen LogP contribution is -2.40. The third-order valence-electron chi connectivity index (χ3n) is 5.60. The van der Waals surface area contributed by atoms with E-state index in [0.29, 0.717) is 34.9 Å². The minimum absolute atomic E-state index is 0.133. The van der Waals surface area contributed by atoms with Gasteiger partial charge in [-0.25, -0.2) is 33.4 Å². The molecule has 2 N–H and O–H groups in total. The molecule has 0 spiro atoms. The standard InChI is InChI=1S/C23H20F2N8O/c1-3-16(30-21-19-20(27-11-26-19)28-12-29-21)22-31-17-6-4-5-15(25)18(17)23(34)33(22)32(2)14-9-7-13(24)8-10-14/h4-12,16H,3H2,1-2H3,(H2,26,27,28,29,30). The van der Waals surface area contributed by atoms with Crippen LogP contribution >= 0.6 is 0 Å². The fraction of sp³-hybridized carbons (Fsp3) is 0.174. The van der Waals surface area contributed by atoms with Crippen molar-refractivity contribution in [1.82, 2.24) is 29.6 Å². The molecule has 0 fully saturated rings. The van der Waals surface area contributed by atoms with E-state index in [1.54, 1.807) is 13.1 Å². The lowest BCUT2D eigenvalue weighted by molar-refractivity contribution is 0.587. The summed E-state index contributed by atoms with van der Waals surface area (Å²) in [6.07, 6.45) is 3.43. The zero-order valence-corrected chi connectivity index (χ0v) is 18.3. The number of anilines is 2. The van der Waals surface area contributed by atoms with Crippen molar-refractivity contribution in [2.45, 2.75) is 19.4 Å². The van der Waals surface area contributed by atoms with E-state index in [2.05, 4.69) is 30.2 Å². The van der Waals surface area contributed by atoms with Crippen LogP contribution in [0.2, 0.25) is 0 Å². The monoisotopic (exact) mass is 462 g/mol. The van der Waals surface area contributed by atoms with Crippen LogP contribution in [0.1, 0.15) is 25.2 Å². The van der Waals surface area contributed by atoms with E-state index in [1.165, 1.54) is 58.7 Å². The van der Waals surface area contributed by atoms with Gasteiger partial charge in [0.25, 0.3) is 5.56 Å². The summed E-state index contributed by atoms with van der Waals surface area (Å²) in [4.78, 5) is 33.9. The number of benzene rings is 2. The average molecular weight is 462 g/mol. The van der Waals surface area contributed by atoms with Crippen molar-refractivity contribution in [2.24, 2.45) is 0 Å². The Labute approximate surface area is 192 Å². The Kier molecular flexibility index (Phi) is 5.36. The number of imidazole rings is 1. The molecule has 0 saturated carbocycles. The fourth-order valence-corrected chi connectivity index (χ4v) is 3.87. The molecule has 3 aromatic heterocycles. The van der Waals surface area contributed by atoms with Gasteiger partial charge < -0.3 is 10.3 Å². The first kappa shape index (κ1) is 21.4. The van der Waals surface area contributed by atoms with Crippen molar-refractivity contribution >= 4 is 33.6 Å². The molecular formula is C23H20F2N8O. The predicted molar refractivity (Wildman–Crippen MR) is 125 cm³/mol. The van der Waals surface area contributed by atoms with E-state index in [4.69, 9.17) is 0 Å². The Morgan fingerprint density at radius 3 is 2.68 bits per heavy atom. The SMILES string of the molecule is CCC(Nc1ncnc2[nH]cnc12)c1nc2cccc(F)c2c(=O)n1N(C)c1ccc(F)cc1. The second kappa shape index (κ2) is 8.50. The van der Waals surface area contributed by atoms with Gasteiger partial charge in [0.1, 0.15) is 28.9 Å². The molecule has 2 aromatic carbocycles. The van der Waals surface area contributed by atoms with Gasteiger partial charge in [-0.15, -0.1) is 0 Å². The van der Waals surface area contributed by atoms with E-state index in [1.807, 2.05) is 6.92 Å². The number of hydrogen-bond acceptors (Lipinski definition) is 7. The topological polar surface area (TPSA) is 105 Å². The molecule has 0 radical (unpaired) electrons. The number of rotatable bonds is 6. The van der Waals surface area contributed by atoms with Crippen LogP contribution < -0.4 is 15.9 Å². The maximum atomic E-state index is 14.7. The normalized spacial score (nSPS) is 12.2. The number of aromatic nitrogens is 6. The first-order valence-electron chi connectivity index (χ1n) is 10.6. The average Bonchev–Trinajstić information content (AvgIpc) is 3.32. The number of hydrogen-bond donors (Lipinski definition) is 2. The molecule has 1 atom stereocenters. The second-order valence-electron chi connectivity index (χ2n) is 7.65. The molecular weight excluding hydrogens is 442 g/mol. The third kappa shape index (κ3) is 3.60. The summed E-state index contributed by atoms with van der Waals surface area (Å²) in [5.74, 6) is -0.285. The summed E-state index contributed by atoms with van der Waals surface area (Å²) in [5, 5.41) is 4.69. The molecule has 0 saturated heterocycles. The van der Waals surface area contributed by atoms with Crippen molar-refractivity contribution in [2.75, 3.05) is 17.4 Å². The van der Waals surface area contributed by atoms with Crippen molar-refractivity contribution in [3.8, 4) is 0 Å². The van der Waals surface area contributed by atoms with Gasteiger partial charge in [0.15, 0.2) is 17.3 Å². The highest BCUT2D eigenvalue weighted by Crippen LogP contribution is 2.26. The van der Waals surface area contributed by atoms with Crippen molar-refractivity contribution in [3.63, 3.8) is 0 Å². The minimum atomic E-state index is -0.669. The molecule has 0 aliphatic heterocycles. The van der Waals surface area contributed by atoms with Gasteiger partial charge in [-0.05, 0) is 42.8 Å². The number of nitrogens with one attached hydrogen (secondary N) is 2. The molecule has 0 amide bonds. The van der Waals surface area contributed by atoms with E-state index in [9.17, 15) is 13.6 Å². The summed E-state index contributed by atoms with van der Waals surface area (Å²) in [5.41, 5.74) is 1.26. The second-order valence-corrected chi connectivity index (χ2v) is 7.65. The molecule has 11 heteroatoms. The van der Waals surface area contributed by atoms with E-state index >= 15 is 0 Å². The Morgan fingerprint density at radius 1 is 1.12 bits per heavy atom. The molecule has 5 rings (SSSR count). The van der Waals surface area contributed by atoms with Crippen molar-refractivity contribution in [3.05, 3.63) is 82.9 Å². The molecule has 34 heavy (non-hydrogen) atoms. The van der Waals surface area contributed by atoms with Gasteiger partial charge in [0.05, 0.1) is 23.6 Å². The van der Waals surface area contributed by atoms with Crippen LogP contribution in [0.25, 0.3) is 22.1 Å². The molecule has 172 valence electrons. The summed E-state index contributed by atoms with van der Waals surface area (Å²) >= 11 is 0. The van der Waals surface area contributed by atoms with Crippen LogP contribution in [-0.2, 0) is 0 Å². The first-order chi connectivity index (χ1) is 16.5. The van der Waals surface area contributed by atoms with E-state index in [0.717, 1.165) is 0 Å². The molecule has 0 bridgehead atoms. The van der Waals surface area contributed by atoms with Crippen LogP contribution in [0.15, 0.2) is 59.9 Å². The summed E-state index contributed by atoms with van der Waals surface area (Å²) < 4.78 is 29.5. The van der Waals surface area contributed by atoms with Gasteiger partial charge in [-0.2, -0.15) is 0 Å². The quantitative estimate of drug-likeness (QED) is 0.395. The van der Waals surface area contributed by atoms with E-state index < -0.39 is 23.2 Å². The summed E-state index contributed by atoms with van der Waals surface area (Å²) in [6.45, 7) is 1.92. The highest BCUT2D eigenvalue weighted by atomic mass is 19.1. The van der Waals surface area contributed by atoms with Gasteiger partial charge in [-0.1, -0.05) is 13.0 Å². The van der Waals surface area contributed by atoms with E-state index in [-0.39, 0.29) is 10.9 Å². The van der Waals surface area contributed by atoms with Crippen LogP contribution in [0.4, 0.5) is 20.3 Å². The van der Waals surface area contributed by atoms with Gasteiger partial charge >= 0.3 is 0 Å². The predicted octanol–water partition coefficient (Wildman–Crippen LogP) is 3.80. The molecule has 9 nitrogen and oxygen atoms in total. The van der Waals surface area contributed by atoms with Crippen molar-refractivity contribution in [1.29, 1.82) is 0 Å². The van der Waals surface area contributed by atoms with Crippen LogP contribution in [-0.4, -0.2) is 36.6 Å². The molecule has 5 aromatic rings. The largest absolute Gasteiger partial charge is 0.358 e. The van der Waals surface area contributed by atoms with Crippen LogP contribution in [0.5, 0.6) is 0 Å². The maximum absolute atomic E-state index is 14.7. The summed E-state index contributed by atoms with van der Waals surface area (Å²) in [6, 6.07) is 9.46. The highest BCUT2D eigenvalue weighted by molar-refractivity contribution is 5.82. The molecule has 0 aliphatic rings. The zero-order valence-electron chi connectivity index (χ0n) is 18.3. The number of H-pyrrole nitrogens is 1. The lowest BCUT2D eigenvalue weighted by Gasteiger charge is -2.28. The first-order valence-corrected chi connectivity index (χ1v) is 10.6. The number of aromatic amines is 1.